The Labute approximate surface area is 183 Å². The van der Waals surface area contributed by atoms with E-state index >= 15 is 0 Å². The largest absolute Gasteiger partial charge is 0.506 e. The zero-order valence-electron chi connectivity index (χ0n) is 15.0. The first kappa shape index (κ1) is 19.4. The molecule has 7 heteroatoms. The van der Waals surface area contributed by atoms with Crippen molar-refractivity contribution in [2.24, 2.45) is 5.10 Å². The van der Waals surface area contributed by atoms with Crippen LogP contribution in [0.1, 0.15) is 16.1 Å². The molecule has 0 saturated carbocycles. The summed E-state index contributed by atoms with van der Waals surface area (Å²) in [6.45, 7) is 0. The van der Waals surface area contributed by atoms with E-state index in [2.05, 4.69) is 66.7 Å². The van der Waals surface area contributed by atoms with Gasteiger partial charge in [-0.2, -0.15) is 5.10 Å². The van der Waals surface area contributed by atoms with E-state index in [-0.39, 0.29) is 11.3 Å². The minimum atomic E-state index is -0.510. The second-order valence-corrected chi connectivity index (χ2v) is 8.09. The van der Waals surface area contributed by atoms with Gasteiger partial charge in [-0.15, -0.1) is 0 Å². The summed E-state index contributed by atoms with van der Waals surface area (Å²) in [5.41, 5.74) is 4.38. The van der Waals surface area contributed by atoms with E-state index < -0.39 is 5.91 Å². The van der Waals surface area contributed by atoms with Gasteiger partial charge >= 0.3 is 0 Å². The van der Waals surface area contributed by atoms with Crippen LogP contribution in [0.5, 0.6) is 5.75 Å². The van der Waals surface area contributed by atoms with Gasteiger partial charge in [0.15, 0.2) is 0 Å². The van der Waals surface area contributed by atoms with Crippen molar-refractivity contribution >= 4 is 54.8 Å². The molecule has 0 bridgehead atoms. The number of fused-ring (bicyclic) bond motifs is 1. The molecule has 0 saturated heterocycles. The third-order valence-corrected chi connectivity index (χ3v) is 5.49. The van der Waals surface area contributed by atoms with Gasteiger partial charge in [-0.3, -0.25) is 4.79 Å². The summed E-state index contributed by atoms with van der Waals surface area (Å²) in [4.78, 5) is 12.4. The van der Waals surface area contributed by atoms with Crippen molar-refractivity contribution < 1.29 is 9.90 Å². The van der Waals surface area contributed by atoms with Crippen LogP contribution in [-0.4, -0.2) is 21.8 Å². The fraction of sp³-hybridized carbons (Fsp3) is 0. The highest BCUT2D eigenvalue weighted by atomic mass is 79.9. The predicted octanol–water partition coefficient (Wildman–Crippen LogP) is 5.63. The van der Waals surface area contributed by atoms with E-state index in [4.69, 9.17) is 0 Å². The van der Waals surface area contributed by atoms with Crippen LogP contribution in [0, 0.1) is 0 Å². The average Bonchev–Trinajstić information content (AvgIpc) is 3.18. The summed E-state index contributed by atoms with van der Waals surface area (Å²) in [5, 5.41) is 16.4. The van der Waals surface area contributed by atoms with Crippen LogP contribution in [0.2, 0.25) is 0 Å². The summed E-state index contributed by atoms with van der Waals surface area (Å²) in [6.07, 6.45) is 3.50. The molecule has 2 N–H and O–H groups in total. The molecular formula is C22H15Br2N3O2. The van der Waals surface area contributed by atoms with Crippen molar-refractivity contribution in [3.05, 3.63) is 93.1 Å². The smallest absolute Gasteiger partial charge is 0.275 e. The van der Waals surface area contributed by atoms with Crippen molar-refractivity contribution in [2.45, 2.75) is 0 Å². The Morgan fingerprint density at radius 2 is 1.79 bits per heavy atom. The molecule has 1 amide bonds. The third-order valence-electron chi connectivity index (χ3n) is 4.43. The molecule has 144 valence electrons. The van der Waals surface area contributed by atoms with Crippen LogP contribution in [0.3, 0.4) is 0 Å². The highest BCUT2D eigenvalue weighted by Gasteiger charge is 2.14. The standard InChI is InChI=1S/C22H15Br2N3O2/c23-16-11-19(21(28)20(24)12-16)22(29)26-25-13-18-6-3-9-27(18)17-8-7-14-4-1-2-5-15(14)10-17/h1-13,28H,(H,26,29)/b25-13+. The fourth-order valence-corrected chi connectivity index (χ4v) is 4.24. The number of phenolic OH excluding ortho intramolecular Hbond substituents is 1. The van der Waals surface area contributed by atoms with Crippen LogP contribution in [0.15, 0.2) is 87.0 Å². The minimum absolute atomic E-state index is 0.119. The molecule has 0 aliphatic heterocycles. The van der Waals surface area contributed by atoms with Gasteiger partial charge in [0.1, 0.15) is 5.75 Å². The van der Waals surface area contributed by atoms with Crippen molar-refractivity contribution in [1.82, 2.24) is 9.99 Å². The normalized spacial score (nSPS) is 11.2. The van der Waals surface area contributed by atoms with Gasteiger partial charge in [0.05, 0.1) is 21.9 Å². The number of amides is 1. The molecule has 0 aliphatic rings. The van der Waals surface area contributed by atoms with Crippen LogP contribution < -0.4 is 5.43 Å². The van der Waals surface area contributed by atoms with Gasteiger partial charge in [0.25, 0.3) is 5.91 Å². The molecule has 4 aromatic rings. The van der Waals surface area contributed by atoms with Gasteiger partial charge < -0.3 is 9.67 Å². The lowest BCUT2D eigenvalue weighted by Crippen LogP contribution is -2.18. The second kappa shape index (κ2) is 8.23. The number of halogens is 2. The van der Waals surface area contributed by atoms with E-state index in [1.807, 2.05) is 41.1 Å². The first-order chi connectivity index (χ1) is 14.0. The van der Waals surface area contributed by atoms with Crippen LogP contribution in [0.4, 0.5) is 0 Å². The summed E-state index contributed by atoms with van der Waals surface area (Å²) in [6, 6.07) is 21.4. The van der Waals surface area contributed by atoms with Crippen molar-refractivity contribution in [2.75, 3.05) is 0 Å². The zero-order chi connectivity index (χ0) is 20.4. The topological polar surface area (TPSA) is 66.6 Å². The summed E-state index contributed by atoms with van der Waals surface area (Å²) in [5.74, 6) is -0.648. The number of nitrogens with one attached hydrogen (secondary N) is 1. The zero-order valence-corrected chi connectivity index (χ0v) is 18.2. The van der Waals surface area contributed by atoms with Crippen LogP contribution >= 0.6 is 31.9 Å². The first-order valence-corrected chi connectivity index (χ1v) is 10.3. The number of phenols is 1. The van der Waals surface area contributed by atoms with E-state index in [0.29, 0.717) is 8.95 Å². The Balaban J connectivity index is 1.56. The number of hydrazone groups is 1. The molecule has 0 aliphatic carbocycles. The molecule has 0 spiro atoms. The lowest BCUT2D eigenvalue weighted by molar-refractivity contribution is 0.0952. The SMILES string of the molecule is O=C(N/N=C/c1cccn1-c1ccc2ccccc2c1)c1cc(Br)cc(Br)c1O. The number of nitrogens with zero attached hydrogens (tertiary/aromatic N) is 2. The Hall–Kier alpha value is -2.90. The molecule has 0 unspecified atom stereocenters. The van der Waals surface area contributed by atoms with E-state index in [0.717, 1.165) is 16.8 Å². The van der Waals surface area contributed by atoms with Crippen LogP contribution in [-0.2, 0) is 0 Å². The molecular weight excluding hydrogens is 498 g/mol. The molecule has 1 aromatic heterocycles. The summed E-state index contributed by atoms with van der Waals surface area (Å²) >= 11 is 6.52. The first-order valence-electron chi connectivity index (χ1n) is 8.71. The number of hydrogen-bond acceptors (Lipinski definition) is 3. The van der Waals surface area contributed by atoms with Gasteiger partial charge in [-0.1, -0.05) is 46.3 Å². The van der Waals surface area contributed by atoms with Crippen molar-refractivity contribution in [1.29, 1.82) is 0 Å². The van der Waals surface area contributed by atoms with Crippen LogP contribution in [0.25, 0.3) is 16.5 Å². The number of aromatic nitrogens is 1. The van der Waals surface area contributed by atoms with Crippen molar-refractivity contribution in [3.8, 4) is 11.4 Å². The molecule has 5 nitrogen and oxygen atoms in total. The van der Waals surface area contributed by atoms with E-state index in [9.17, 15) is 9.90 Å². The molecule has 1 heterocycles. The quantitative estimate of drug-likeness (QED) is 0.275. The maximum Gasteiger partial charge on any atom is 0.275 e. The number of carbonyl (C=O) groups excluding carboxylic acids is 1. The number of benzene rings is 3. The molecule has 0 atom stereocenters. The average molecular weight is 513 g/mol. The molecule has 3 aromatic carbocycles. The maximum absolute atomic E-state index is 12.4. The predicted molar refractivity (Wildman–Crippen MR) is 122 cm³/mol. The highest BCUT2D eigenvalue weighted by molar-refractivity contribution is 9.11. The molecule has 4 rings (SSSR count). The summed E-state index contributed by atoms with van der Waals surface area (Å²) in [7, 11) is 0. The van der Waals surface area contributed by atoms with E-state index in [1.165, 1.54) is 11.5 Å². The molecule has 0 radical (unpaired) electrons. The van der Waals surface area contributed by atoms with E-state index in [1.54, 1.807) is 12.3 Å². The highest BCUT2D eigenvalue weighted by Crippen LogP contribution is 2.31. The molecule has 29 heavy (non-hydrogen) atoms. The Kier molecular flexibility index (Phi) is 5.51. The molecule has 0 fully saturated rings. The fourth-order valence-electron chi connectivity index (χ4n) is 3.02. The van der Waals surface area contributed by atoms with Gasteiger partial charge in [-0.05, 0) is 63.1 Å². The Morgan fingerprint density at radius 1 is 1.00 bits per heavy atom. The Bertz CT molecular complexity index is 1250. The number of hydrogen-bond donors (Lipinski definition) is 2. The van der Waals surface area contributed by atoms with Gasteiger partial charge in [-0.25, -0.2) is 5.43 Å². The number of rotatable bonds is 4. The van der Waals surface area contributed by atoms with Gasteiger partial charge in [0, 0.05) is 16.4 Å². The third kappa shape index (κ3) is 4.11. The Morgan fingerprint density at radius 3 is 2.62 bits per heavy atom. The summed E-state index contributed by atoms with van der Waals surface area (Å²) < 4.78 is 3.07. The number of aromatic hydroxyl groups is 1. The monoisotopic (exact) mass is 511 g/mol. The number of carbonyl (C=O) groups is 1. The lowest BCUT2D eigenvalue weighted by Gasteiger charge is -2.08. The van der Waals surface area contributed by atoms with Crippen molar-refractivity contribution in [3.63, 3.8) is 0 Å². The minimum Gasteiger partial charge on any atom is -0.506 e. The second-order valence-electron chi connectivity index (χ2n) is 6.32. The maximum atomic E-state index is 12.4. The van der Waals surface area contributed by atoms with Gasteiger partial charge in [0.2, 0.25) is 0 Å². The lowest BCUT2D eigenvalue weighted by atomic mass is 10.1.